The third-order valence-electron chi connectivity index (χ3n) is 6.11. The summed E-state index contributed by atoms with van der Waals surface area (Å²) in [4.78, 5) is 29.0. The van der Waals surface area contributed by atoms with E-state index in [1.165, 1.54) is 18.4 Å². The van der Waals surface area contributed by atoms with Crippen molar-refractivity contribution >= 4 is 29.1 Å². The van der Waals surface area contributed by atoms with Gasteiger partial charge in [-0.05, 0) is 62.8 Å². The Morgan fingerprint density at radius 2 is 1.93 bits per heavy atom. The molecule has 2 aliphatic rings. The topological polar surface area (TPSA) is 52.6 Å². The third-order valence-corrected chi connectivity index (χ3v) is 6.34. The zero-order valence-corrected chi connectivity index (χ0v) is 18.3. The molecule has 1 N–H and O–H groups in total. The normalized spacial score (nSPS) is 19.9. The molecule has 1 unspecified atom stereocenters. The molecule has 0 spiro atoms. The maximum absolute atomic E-state index is 12.6. The lowest BCUT2D eigenvalue weighted by Crippen LogP contribution is -2.31. The Labute approximate surface area is 183 Å². The Morgan fingerprint density at radius 1 is 1.20 bits per heavy atom. The van der Waals surface area contributed by atoms with Crippen LogP contribution in [-0.4, -0.2) is 50.4 Å². The summed E-state index contributed by atoms with van der Waals surface area (Å²) in [7, 11) is 4.23. The van der Waals surface area contributed by atoms with Gasteiger partial charge in [0.15, 0.2) is 0 Å². The van der Waals surface area contributed by atoms with E-state index in [0.29, 0.717) is 30.1 Å². The summed E-state index contributed by atoms with van der Waals surface area (Å²) >= 11 is 5.96. The Bertz CT molecular complexity index is 938. The molecule has 1 saturated heterocycles. The molecule has 0 radical (unpaired) electrons. The standard InChI is InChI=1S/C24H28ClN3O2/c1-27(2)16-24(10-11-24)19-6-8-21(9-7-19)28-15-17(12-22(28)29)14-26-23(30)18-4-3-5-20(25)13-18/h3-9,13,17H,10-12,14-16H2,1-2H3,(H,26,30). The second-order valence-corrected chi connectivity index (χ2v) is 9.30. The smallest absolute Gasteiger partial charge is 0.251 e. The third kappa shape index (κ3) is 4.52. The number of nitrogens with zero attached hydrogens (tertiary/aromatic N) is 2. The maximum atomic E-state index is 12.6. The predicted octanol–water partition coefficient (Wildman–Crippen LogP) is 3.72. The highest BCUT2D eigenvalue weighted by molar-refractivity contribution is 6.30. The first kappa shape index (κ1) is 20.9. The molecule has 158 valence electrons. The van der Waals surface area contributed by atoms with Crippen LogP contribution in [0.2, 0.25) is 5.02 Å². The van der Waals surface area contributed by atoms with E-state index in [4.69, 9.17) is 11.6 Å². The zero-order valence-electron chi connectivity index (χ0n) is 17.5. The van der Waals surface area contributed by atoms with Crippen LogP contribution in [0.5, 0.6) is 0 Å². The SMILES string of the molecule is CN(C)CC1(c2ccc(N3CC(CNC(=O)c4cccc(Cl)c4)CC3=O)cc2)CC1. The Kier molecular flexibility index (Phi) is 5.85. The molecule has 1 saturated carbocycles. The van der Waals surface area contributed by atoms with Gasteiger partial charge in [-0.1, -0.05) is 29.8 Å². The van der Waals surface area contributed by atoms with Gasteiger partial charge in [-0.3, -0.25) is 9.59 Å². The monoisotopic (exact) mass is 425 g/mol. The number of nitrogens with one attached hydrogen (secondary N) is 1. The predicted molar refractivity (Wildman–Crippen MR) is 120 cm³/mol. The van der Waals surface area contributed by atoms with Gasteiger partial charge in [0, 0.05) is 53.7 Å². The van der Waals surface area contributed by atoms with Crippen molar-refractivity contribution in [3.63, 3.8) is 0 Å². The van der Waals surface area contributed by atoms with Crippen LogP contribution >= 0.6 is 11.6 Å². The first-order chi connectivity index (χ1) is 14.4. The van der Waals surface area contributed by atoms with Gasteiger partial charge in [-0.15, -0.1) is 0 Å². The summed E-state index contributed by atoms with van der Waals surface area (Å²) in [5.41, 5.74) is 3.11. The van der Waals surface area contributed by atoms with Crippen LogP contribution < -0.4 is 10.2 Å². The maximum Gasteiger partial charge on any atom is 0.251 e. The quantitative estimate of drug-likeness (QED) is 0.735. The fraction of sp³-hybridized carbons (Fsp3) is 0.417. The van der Waals surface area contributed by atoms with Crippen LogP contribution in [-0.2, 0) is 10.2 Å². The average Bonchev–Trinajstić information content (AvgIpc) is 3.39. The molecule has 1 atom stereocenters. The number of likely N-dealkylation sites (N-methyl/N-ethyl adjacent to an activating group) is 1. The number of hydrogen-bond acceptors (Lipinski definition) is 3. The Morgan fingerprint density at radius 3 is 2.57 bits per heavy atom. The first-order valence-corrected chi connectivity index (χ1v) is 10.8. The molecule has 4 rings (SSSR count). The number of amides is 2. The molecule has 5 nitrogen and oxygen atoms in total. The van der Waals surface area contributed by atoms with E-state index < -0.39 is 0 Å². The number of anilines is 1. The van der Waals surface area contributed by atoms with E-state index in [2.05, 4.69) is 48.6 Å². The minimum absolute atomic E-state index is 0.101. The lowest BCUT2D eigenvalue weighted by atomic mass is 9.95. The van der Waals surface area contributed by atoms with Gasteiger partial charge in [0.2, 0.25) is 5.91 Å². The first-order valence-electron chi connectivity index (χ1n) is 10.5. The van der Waals surface area contributed by atoms with Crippen molar-refractivity contribution < 1.29 is 9.59 Å². The molecule has 2 fully saturated rings. The molecule has 0 aromatic heterocycles. The lowest BCUT2D eigenvalue weighted by Gasteiger charge is -2.22. The number of carbonyl (C=O) groups excluding carboxylic acids is 2. The van der Waals surface area contributed by atoms with Gasteiger partial charge in [0.05, 0.1) is 0 Å². The second kappa shape index (κ2) is 8.40. The van der Waals surface area contributed by atoms with E-state index in [9.17, 15) is 9.59 Å². The van der Waals surface area contributed by atoms with Crippen molar-refractivity contribution in [2.24, 2.45) is 5.92 Å². The molecule has 1 aliphatic carbocycles. The number of rotatable bonds is 7. The van der Waals surface area contributed by atoms with Crippen molar-refractivity contribution in [3.05, 3.63) is 64.7 Å². The second-order valence-electron chi connectivity index (χ2n) is 8.86. The van der Waals surface area contributed by atoms with Crippen LogP contribution in [0.4, 0.5) is 5.69 Å². The van der Waals surface area contributed by atoms with Crippen LogP contribution in [0.25, 0.3) is 0 Å². The van der Waals surface area contributed by atoms with E-state index in [1.54, 1.807) is 24.3 Å². The van der Waals surface area contributed by atoms with Gasteiger partial charge in [0.25, 0.3) is 5.91 Å². The minimum atomic E-state index is -0.164. The van der Waals surface area contributed by atoms with Crippen molar-refractivity contribution in [2.45, 2.75) is 24.7 Å². The highest BCUT2D eigenvalue weighted by atomic mass is 35.5. The zero-order chi connectivity index (χ0) is 21.3. The van der Waals surface area contributed by atoms with E-state index in [0.717, 1.165) is 12.2 Å². The van der Waals surface area contributed by atoms with Crippen LogP contribution in [0.15, 0.2) is 48.5 Å². The number of hydrogen-bond donors (Lipinski definition) is 1. The molecular weight excluding hydrogens is 398 g/mol. The summed E-state index contributed by atoms with van der Waals surface area (Å²) in [5, 5.41) is 3.47. The molecule has 1 aliphatic heterocycles. The van der Waals surface area contributed by atoms with Gasteiger partial charge in [-0.25, -0.2) is 0 Å². The molecule has 0 bridgehead atoms. The molecule has 2 aromatic rings. The fourth-order valence-electron chi connectivity index (χ4n) is 4.43. The van der Waals surface area contributed by atoms with Gasteiger partial charge in [-0.2, -0.15) is 0 Å². The molecule has 6 heteroatoms. The minimum Gasteiger partial charge on any atom is -0.352 e. The van der Waals surface area contributed by atoms with Gasteiger partial charge >= 0.3 is 0 Å². The van der Waals surface area contributed by atoms with Crippen molar-refractivity contribution in [1.82, 2.24) is 10.2 Å². The Hall–Kier alpha value is -2.37. The average molecular weight is 426 g/mol. The van der Waals surface area contributed by atoms with E-state index in [-0.39, 0.29) is 23.1 Å². The highest BCUT2D eigenvalue weighted by Crippen LogP contribution is 2.48. The van der Waals surface area contributed by atoms with Crippen LogP contribution in [0.1, 0.15) is 35.2 Å². The highest BCUT2D eigenvalue weighted by Gasteiger charge is 2.44. The summed E-state index contributed by atoms with van der Waals surface area (Å²) in [6.07, 6.45) is 2.89. The van der Waals surface area contributed by atoms with E-state index >= 15 is 0 Å². The lowest BCUT2D eigenvalue weighted by molar-refractivity contribution is -0.117. The van der Waals surface area contributed by atoms with Crippen molar-refractivity contribution in [1.29, 1.82) is 0 Å². The summed E-state index contributed by atoms with van der Waals surface area (Å²) in [6, 6.07) is 15.4. The molecule has 2 aromatic carbocycles. The number of benzene rings is 2. The number of carbonyl (C=O) groups is 2. The van der Waals surface area contributed by atoms with E-state index in [1.807, 2.05) is 4.90 Å². The molecule has 30 heavy (non-hydrogen) atoms. The largest absolute Gasteiger partial charge is 0.352 e. The molecule has 2 amide bonds. The number of halogens is 1. The summed E-state index contributed by atoms with van der Waals surface area (Å²) < 4.78 is 0. The van der Waals surface area contributed by atoms with Crippen molar-refractivity contribution in [3.8, 4) is 0 Å². The molecule has 1 heterocycles. The fourth-order valence-corrected chi connectivity index (χ4v) is 4.62. The van der Waals surface area contributed by atoms with Crippen LogP contribution in [0, 0.1) is 5.92 Å². The van der Waals surface area contributed by atoms with Gasteiger partial charge < -0.3 is 15.1 Å². The van der Waals surface area contributed by atoms with Crippen LogP contribution in [0.3, 0.4) is 0 Å². The van der Waals surface area contributed by atoms with Gasteiger partial charge in [0.1, 0.15) is 0 Å². The van der Waals surface area contributed by atoms with Crippen molar-refractivity contribution in [2.75, 3.05) is 38.6 Å². The summed E-state index contributed by atoms with van der Waals surface area (Å²) in [6.45, 7) is 2.15. The summed E-state index contributed by atoms with van der Waals surface area (Å²) in [5.74, 6) is 0.0476. The Balaban J connectivity index is 1.35. The molecular formula is C24H28ClN3O2.